The van der Waals surface area contributed by atoms with Crippen LogP contribution in [0.2, 0.25) is 0 Å². The van der Waals surface area contributed by atoms with Gasteiger partial charge in [0, 0.05) is 17.7 Å². The van der Waals surface area contributed by atoms with Crippen LogP contribution in [-0.2, 0) is 10.0 Å². The van der Waals surface area contributed by atoms with Crippen LogP contribution in [-0.4, -0.2) is 38.9 Å². The summed E-state index contributed by atoms with van der Waals surface area (Å²) in [4.78, 5) is 11.7. The molecule has 0 aromatic heterocycles. The Bertz CT molecular complexity index is 932. The quantitative estimate of drug-likeness (QED) is 0.422. The van der Waals surface area contributed by atoms with Gasteiger partial charge in [0.25, 0.3) is 15.7 Å². The summed E-state index contributed by atoms with van der Waals surface area (Å²) in [5.74, 6) is 0.0315. The van der Waals surface area contributed by atoms with Crippen LogP contribution in [0.5, 0.6) is 17.2 Å². The lowest BCUT2D eigenvalue weighted by atomic mass is 10.2. The van der Waals surface area contributed by atoms with E-state index in [1.54, 1.807) is 0 Å². The van der Waals surface area contributed by atoms with Crippen LogP contribution in [0.1, 0.15) is 5.56 Å². The fraction of sp³-hybridized carbons (Fsp3) is 0.133. The molecular formula is C15H15N3O7S. The number of hydrogen-bond donors (Lipinski definition) is 2. The third kappa shape index (κ3) is 4.19. The molecule has 138 valence electrons. The SMILES string of the molecule is COc1cc(/C=N/NS(=O)(=O)c2cccc([N+](=O)[O-])c2)cc(OC)c1O. The van der Waals surface area contributed by atoms with Crippen LogP contribution in [0.3, 0.4) is 0 Å². The van der Waals surface area contributed by atoms with Crippen molar-refractivity contribution in [3.8, 4) is 17.2 Å². The van der Waals surface area contributed by atoms with Crippen molar-refractivity contribution in [2.45, 2.75) is 4.90 Å². The number of sulfonamides is 1. The molecule has 10 nitrogen and oxygen atoms in total. The summed E-state index contributed by atoms with van der Waals surface area (Å²) in [5.41, 5.74) is 0.0307. The average Bonchev–Trinajstić information content (AvgIpc) is 2.62. The monoisotopic (exact) mass is 381 g/mol. The Kier molecular flexibility index (Phi) is 5.62. The number of nitro groups is 1. The molecule has 0 saturated heterocycles. The van der Waals surface area contributed by atoms with E-state index in [1.807, 2.05) is 4.83 Å². The number of methoxy groups -OCH3 is 2. The molecule has 0 aliphatic heterocycles. The second-order valence-corrected chi connectivity index (χ2v) is 6.54. The smallest absolute Gasteiger partial charge is 0.276 e. The Morgan fingerprint density at radius 2 is 1.81 bits per heavy atom. The fourth-order valence-corrected chi connectivity index (χ4v) is 2.81. The van der Waals surface area contributed by atoms with Crippen LogP contribution in [0.4, 0.5) is 5.69 Å². The highest BCUT2D eigenvalue weighted by atomic mass is 32.2. The maximum Gasteiger partial charge on any atom is 0.276 e. The molecule has 0 heterocycles. The molecule has 11 heteroatoms. The van der Waals surface area contributed by atoms with Gasteiger partial charge in [-0.05, 0) is 18.2 Å². The summed E-state index contributed by atoms with van der Waals surface area (Å²) >= 11 is 0. The molecule has 2 rings (SSSR count). The molecule has 0 spiro atoms. The number of aromatic hydroxyl groups is 1. The Hall–Kier alpha value is -3.34. The molecule has 2 aromatic carbocycles. The molecule has 0 aliphatic rings. The number of non-ortho nitro benzene ring substituents is 1. The van der Waals surface area contributed by atoms with Crippen molar-refractivity contribution in [1.29, 1.82) is 0 Å². The van der Waals surface area contributed by atoms with E-state index in [-0.39, 0.29) is 27.8 Å². The molecule has 0 amide bonds. The second kappa shape index (κ2) is 7.70. The van der Waals surface area contributed by atoms with E-state index >= 15 is 0 Å². The lowest BCUT2D eigenvalue weighted by Crippen LogP contribution is -2.18. The van der Waals surface area contributed by atoms with Gasteiger partial charge < -0.3 is 14.6 Å². The standard InChI is InChI=1S/C15H15N3O7S/c1-24-13-6-10(7-14(25-2)15(13)19)9-16-17-26(22,23)12-5-3-4-11(8-12)18(20)21/h3-9,17,19H,1-2H3/b16-9+. The molecule has 0 atom stereocenters. The first-order valence-electron chi connectivity index (χ1n) is 7.03. The number of ether oxygens (including phenoxy) is 2. The van der Waals surface area contributed by atoms with Crippen molar-refractivity contribution in [3.63, 3.8) is 0 Å². The van der Waals surface area contributed by atoms with Crippen molar-refractivity contribution in [3.05, 3.63) is 52.1 Å². The summed E-state index contributed by atoms with van der Waals surface area (Å²) in [7, 11) is -1.39. The van der Waals surface area contributed by atoms with Gasteiger partial charge in [-0.1, -0.05) is 6.07 Å². The van der Waals surface area contributed by atoms with Crippen molar-refractivity contribution in [1.82, 2.24) is 4.83 Å². The Balaban J connectivity index is 2.24. The van der Waals surface area contributed by atoms with E-state index in [1.165, 1.54) is 50.8 Å². The van der Waals surface area contributed by atoms with Crippen LogP contribution in [0.15, 0.2) is 46.4 Å². The molecule has 2 aromatic rings. The zero-order valence-corrected chi connectivity index (χ0v) is 14.6. The minimum absolute atomic E-state index is 0.118. The van der Waals surface area contributed by atoms with Gasteiger partial charge in [-0.15, -0.1) is 0 Å². The number of hydrazone groups is 1. The number of phenolic OH excluding ortho intramolecular Hbond substituents is 1. The minimum Gasteiger partial charge on any atom is -0.502 e. The minimum atomic E-state index is -4.09. The zero-order chi connectivity index (χ0) is 19.3. The first-order valence-corrected chi connectivity index (χ1v) is 8.51. The van der Waals surface area contributed by atoms with Gasteiger partial charge >= 0.3 is 0 Å². The first-order chi connectivity index (χ1) is 12.3. The van der Waals surface area contributed by atoms with E-state index in [0.29, 0.717) is 5.56 Å². The summed E-state index contributed by atoms with van der Waals surface area (Å²) < 4.78 is 34.3. The molecule has 26 heavy (non-hydrogen) atoms. The third-order valence-electron chi connectivity index (χ3n) is 3.23. The predicted molar refractivity (Wildman–Crippen MR) is 92.2 cm³/mol. The van der Waals surface area contributed by atoms with Crippen LogP contribution in [0.25, 0.3) is 0 Å². The van der Waals surface area contributed by atoms with Gasteiger partial charge in [0.1, 0.15) is 0 Å². The number of nitrogens with one attached hydrogen (secondary N) is 1. The summed E-state index contributed by atoms with van der Waals surface area (Å²) in [6.45, 7) is 0. The Morgan fingerprint density at radius 1 is 1.19 bits per heavy atom. The van der Waals surface area contributed by atoms with Gasteiger partial charge in [0.2, 0.25) is 5.75 Å². The zero-order valence-electron chi connectivity index (χ0n) is 13.7. The van der Waals surface area contributed by atoms with Gasteiger partial charge in [0.05, 0.1) is 30.3 Å². The summed E-state index contributed by atoms with van der Waals surface area (Å²) in [6.07, 6.45) is 1.17. The number of nitro benzene ring substituents is 1. The number of nitrogens with zero attached hydrogens (tertiary/aromatic N) is 2. The normalized spacial score (nSPS) is 11.3. The summed E-state index contributed by atoms with van der Waals surface area (Å²) in [6, 6.07) is 7.40. The largest absolute Gasteiger partial charge is 0.502 e. The van der Waals surface area contributed by atoms with E-state index in [0.717, 1.165) is 6.07 Å². The van der Waals surface area contributed by atoms with Crippen molar-refractivity contribution in [2.75, 3.05) is 14.2 Å². The molecular weight excluding hydrogens is 366 g/mol. The predicted octanol–water partition coefficient (Wildman–Crippen LogP) is 1.63. The first kappa shape index (κ1) is 19.0. The highest BCUT2D eigenvalue weighted by Crippen LogP contribution is 2.36. The van der Waals surface area contributed by atoms with Gasteiger partial charge in [-0.3, -0.25) is 10.1 Å². The third-order valence-corrected chi connectivity index (χ3v) is 4.45. The van der Waals surface area contributed by atoms with Crippen LogP contribution < -0.4 is 14.3 Å². The topological polar surface area (TPSA) is 140 Å². The maximum absolute atomic E-state index is 12.2. The van der Waals surface area contributed by atoms with E-state index in [4.69, 9.17) is 9.47 Å². The average molecular weight is 381 g/mol. The lowest BCUT2D eigenvalue weighted by Gasteiger charge is -2.09. The fourth-order valence-electron chi connectivity index (χ4n) is 1.98. The Labute approximate surface area is 148 Å². The lowest BCUT2D eigenvalue weighted by molar-refractivity contribution is -0.385. The van der Waals surface area contributed by atoms with E-state index in [9.17, 15) is 23.6 Å². The molecule has 0 fully saturated rings. The van der Waals surface area contributed by atoms with Crippen LogP contribution in [0, 0.1) is 10.1 Å². The number of phenols is 1. The second-order valence-electron chi connectivity index (χ2n) is 4.88. The molecule has 0 saturated carbocycles. The van der Waals surface area contributed by atoms with Gasteiger partial charge in [0.15, 0.2) is 11.5 Å². The number of rotatable bonds is 7. The molecule has 2 N–H and O–H groups in total. The molecule has 0 aliphatic carbocycles. The molecule has 0 bridgehead atoms. The van der Waals surface area contributed by atoms with Crippen molar-refractivity contribution in [2.24, 2.45) is 5.10 Å². The van der Waals surface area contributed by atoms with Crippen molar-refractivity contribution < 1.29 is 27.9 Å². The van der Waals surface area contributed by atoms with E-state index in [2.05, 4.69) is 5.10 Å². The number of hydrogen-bond acceptors (Lipinski definition) is 8. The highest BCUT2D eigenvalue weighted by Gasteiger charge is 2.17. The highest BCUT2D eigenvalue weighted by molar-refractivity contribution is 7.89. The van der Waals surface area contributed by atoms with E-state index < -0.39 is 14.9 Å². The summed E-state index contributed by atoms with van der Waals surface area (Å²) in [5, 5.41) is 24.2. The maximum atomic E-state index is 12.2. The molecule has 0 unspecified atom stereocenters. The van der Waals surface area contributed by atoms with Gasteiger partial charge in [-0.2, -0.15) is 13.5 Å². The van der Waals surface area contributed by atoms with Gasteiger partial charge in [-0.25, -0.2) is 4.83 Å². The van der Waals surface area contributed by atoms with Crippen LogP contribution >= 0.6 is 0 Å². The van der Waals surface area contributed by atoms with Crippen molar-refractivity contribution >= 4 is 21.9 Å². The Morgan fingerprint density at radius 3 is 2.35 bits per heavy atom. The molecule has 0 radical (unpaired) electrons. The number of benzene rings is 2.